The Kier molecular flexibility index (Phi) is 5.45. The van der Waals surface area contributed by atoms with E-state index < -0.39 is 11.2 Å². The summed E-state index contributed by atoms with van der Waals surface area (Å²) >= 11 is 0. The minimum Gasteiger partial charge on any atom is -0.289 e. The second-order valence-electron chi connectivity index (χ2n) is 9.80. The zero-order chi connectivity index (χ0) is 19.1. The van der Waals surface area contributed by atoms with Crippen LogP contribution in [0.5, 0.6) is 0 Å². The summed E-state index contributed by atoms with van der Waals surface area (Å²) in [6.45, 7) is 24.0. The van der Waals surface area contributed by atoms with Gasteiger partial charge in [-0.15, -0.1) is 0 Å². The van der Waals surface area contributed by atoms with Crippen LogP contribution in [0.1, 0.15) is 69.2 Å². The van der Waals surface area contributed by atoms with Crippen LogP contribution in [-0.2, 0) is 14.6 Å². The van der Waals surface area contributed by atoms with Crippen molar-refractivity contribution >= 4 is 5.78 Å². The highest BCUT2D eigenvalue weighted by molar-refractivity contribution is 6.13. The van der Waals surface area contributed by atoms with Gasteiger partial charge in [0.05, 0.1) is 5.60 Å². The molecule has 3 heteroatoms. The van der Waals surface area contributed by atoms with Crippen molar-refractivity contribution < 1.29 is 14.6 Å². The normalized spacial score (nSPS) is 23.0. The molecule has 0 fully saturated rings. The summed E-state index contributed by atoms with van der Waals surface area (Å²) in [5.74, 6) is 0.0224. The molecule has 136 valence electrons. The summed E-state index contributed by atoms with van der Waals surface area (Å²) in [7, 11) is 0. The molecule has 0 aliphatic heterocycles. The number of rotatable bonds is 3. The van der Waals surface area contributed by atoms with Crippen molar-refractivity contribution in [3.63, 3.8) is 0 Å². The van der Waals surface area contributed by atoms with Crippen LogP contribution in [0.25, 0.3) is 0 Å². The summed E-state index contributed by atoms with van der Waals surface area (Å²) in [6.07, 6.45) is 3.81. The van der Waals surface area contributed by atoms with Gasteiger partial charge < -0.3 is 0 Å². The average Bonchev–Trinajstić information content (AvgIpc) is 2.33. The smallest absolute Gasteiger partial charge is 0.189 e. The number of hydrogen-bond donors (Lipinski definition) is 0. The van der Waals surface area contributed by atoms with Gasteiger partial charge >= 0.3 is 0 Å². The van der Waals surface area contributed by atoms with Crippen LogP contribution in [0, 0.1) is 10.8 Å². The third-order valence-corrected chi connectivity index (χ3v) is 4.08. The summed E-state index contributed by atoms with van der Waals surface area (Å²) in [5, 5.41) is 0. The van der Waals surface area contributed by atoms with E-state index in [0.29, 0.717) is 5.57 Å². The highest BCUT2D eigenvalue weighted by atomic mass is 17.2. The first-order valence-electron chi connectivity index (χ1n) is 8.54. The predicted molar refractivity (Wildman–Crippen MR) is 99.6 cm³/mol. The van der Waals surface area contributed by atoms with Crippen LogP contribution < -0.4 is 0 Å². The standard InChI is InChI=1S/C21H34O3/c1-14(2)15-12-21(19(6,7)8,24-23-20(9,10)11)13-16(17(15)22)18(3,4)5/h12-13H,1H2,2-11H3. The van der Waals surface area contributed by atoms with Crippen molar-refractivity contribution in [2.45, 2.75) is 80.4 Å². The Bertz CT molecular complexity index is 586. The Morgan fingerprint density at radius 1 is 1.00 bits per heavy atom. The lowest BCUT2D eigenvalue weighted by molar-refractivity contribution is -0.398. The summed E-state index contributed by atoms with van der Waals surface area (Å²) in [6, 6.07) is 0. The van der Waals surface area contributed by atoms with Crippen LogP contribution in [0.3, 0.4) is 0 Å². The second-order valence-corrected chi connectivity index (χ2v) is 9.80. The molecule has 1 aliphatic rings. The molecule has 0 heterocycles. The number of carbonyl (C=O) groups is 1. The topological polar surface area (TPSA) is 35.5 Å². The average molecular weight is 335 g/mol. The highest BCUT2D eigenvalue weighted by Crippen LogP contribution is 2.45. The van der Waals surface area contributed by atoms with Gasteiger partial charge in [0, 0.05) is 16.6 Å². The molecule has 0 aromatic carbocycles. The van der Waals surface area contributed by atoms with Crippen molar-refractivity contribution in [2.24, 2.45) is 10.8 Å². The molecule has 1 atom stereocenters. The van der Waals surface area contributed by atoms with E-state index in [1.165, 1.54) is 0 Å². The van der Waals surface area contributed by atoms with Crippen molar-refractivity contribution in [1.29, 1.82) is 0 Å². The summed E-state index contributed by atoms with van der Waals surface area (Å²) in [4.78, 5) is 24.6. The van der Waals surface area contributed by atoms with E-state index >= 15 is 0 Å². The fourth-order valence-corrected chi connectivity index (χ4v) is 2.42. The molecule has 0 radical (unpaired) electrons. The number of hydrogen-bond acceptors (Lipinski definition) is 3. The molecular formula is C21H34O3. The van der Waals surface area contributed by atoms with E-state index in [0.717, 1.165) is 11.1 Å². The number of Topliss-reactive ketones (excluding diaryl/α,β-unsaturated/α-hetero) is 1. The fraction of sp³-hybridized carbons (Fsp3) is 0.667. The number of ketones is 1. The van der Waals surface area contributed by atoms with Gasteiger partial charge in [-0.1, -0.05) is 48.1 Å². The molecular weight excluding hydrogens is 300 g/mol. The molecule has 0 bridgehead atoms. The Labute approximate surface area is 147 Å². The van der Waals surface area contributed by atoms with E-state index in [1.54, 1.807) is 0 Å². The molecule has 0 aromatic heterocycles. The Hall–Kier alpha value is -1.19. The van der Waals surface area contributed by atoms with E-state index in [-0.39, 0.29) is 16.6 Å². The van der Waals surface area contributed by atoms with Crippen molar-refractivity contribution in [2.75, 3.05) is 0 Å². The fourth-order valence-electron chi connectivity index (χ4n) is 2.42. The molecule has 1 unspecified atom stereocenters. The predicted octanol–water partition coefficient (Wildman–Crippen LogP) is 5.58. The van der Waals surface area contributed by atoms with Gasteiger partial charge in [-0.25, -0.2) is 9.78 Å². The quantitative estimate of drug-likeness (QED) is 0.499. The molecule has 0 aromatic rings. The van der Waals surface area contributed by atoms with Gasteiger partial charge in [-0.05, 0) is 50.8 Å². The second kappa shape index (κ2) is 6.27. The first kappa shape index (κ1) is 20.9. The van der Waals surface area contributed by atoms with Crippen LogP contribution >= 0.6 is 0 Å². The van der Waals surface area contributed by atoms with Crippen LogP contribution in [-0.4, -0.2) is 17.0 Å². The summed E-state index contributed by atoms with van der Waals surface area (Å²) < 4.78 is 0. The third kappa shape index (κ3) is 4.46. The largest absolute Gasteiger partial charge is 0.289 e. The molecule has 0 N–H and O–H groups in total. The minimum absolute atomic E-state index is 0.0224. The van der Waals surface area contributed by atoms with E-state index in [9.17, 15) is 4.79 Å². The van der Waals surface area contributed by atoms with Crippen molar-refractivity contribution in [3.05, 3.63) is 35.5 Å². The van der Waals surface area contributed by atoms with Crippen LogP contribution in [0.4, 0.5) is 0 Å². The molecule has 0 saturated carbocycles. The SMILES string of the molecule is C=C(C)C1=CC(OOC(C)(C)C)(C(C)(C)C)C=C(C(C)(C)C)C1=O. The van der Waals surface area contributed by atoms with Crippen molar-refractivity contribution in [3.8, 4) is 0 Å². The van der Waals surface area contributed by atoms with Gasteiger partial charge in [-0.2, -0.15) is 0 Å². The lowest BCUT2D eigenvalue weighted by atomic mass is 9.67. The van der Waals surface area contributed by atoms with E-state index in [4.69, 9.17) is 9.78 Å². The number of carbonyl (C=O) groups excluding carboxylic acids is 1. The van der Waals surface area contributed by atoms with Crippen LogP contribution in [0.15, 0.2) is 35.5 Å². The molecule has 1 rings (SSSR count). The monoisotopic (exact) mass is 334 g/mol. The van der Waals surface area contributed by atoms with E-state index in [2.05, 4.69) is 27.4 Å². The molecule has 0 amide bonds. The van der Waals surface area contributed by atoms with Gasteiger partial charge in [0.15, 0.2) is 5.78 Å². The van der Waals surface area contributed by atoms with Gasteiger partial charge in [0.1, 0.15) is 5.60 Å². The highest BCUT2D eigenvalue weighted by Gasteiger charge is 2.47. The molecule has 1 aliphatic carbocycles. The Morgan fingerprint density at radius 2 is 1.50 bits per heavy atom. The maximum Gasteiger partial charge on any atom is 0.189 e. The molecule has 24 heavy (non-hydrogen) atoms. The molecule has 0 saturated heterocycles. The summed E-state index contributed by atoms with van der Waals surface area (Å²) in [5.41, 5.74) is 0.176. The first-order valence-corrected chi connectivity index (χ1v) is 8.54. The zero-order valence-electron chi connectivity index (χ0n) is 17.1. The maximum absolute atomic E-state index is 12.9. The van der Waals surface area contributed by atoms with Gasteiger partial charge in [0.2, 0.25) is 0 Å². The third-order valence-electron chi connectivity index (χ3n) is 4.08. The van der Waals surface area contributed by atoms with Gasteiger partial charge in [-0.3, -0.25) is 4.79 Å². The maximum atomic E-state index is 12.9. The Morgan fingerprint density at radius 3 is 1.83 bits per heavy atom. The first-order chi connectivity index (χ1) is 10.5. The lowest BCUT2D eigenvalue weighted by Crippen LogP contribution is -2.47. The van der Waals surface area contributed by atoms with Crippen molar-refractivity contribution in [1.82, 2.24) is 0 Å². The number of allylic oxidation sites excluding steroid dienone is 3. The van der Waals surface area contributed by atoms with Crippen LogP contribution in [0.2, 0.25) is 0 Å². The zero-order valence-corrected chi connectivity index (χ0v) is 17.1. The molecule has 0 spiro atoms. The minimum atomic E-state index is -0.842. The molecule has 3 nitrogen and oxygen atoms in total. The Balaban J connectivity index is 3.61. The van der Waals surface area contributed by atoms with Gasteiger partial charge in [0.25, 0.3) is 0 Å². The van der Waals surface area contributed by atoms with E-state index in [1.807, 2.05) is 60.6 Å². The lowest BCUT2D eigenvalue weighted by Gasteiger charge is -2.44.